The first-order valence-electron chi connectivity index (χ1n) is 6.47. The van der Waals surface area contributed by atoms with Crippen molar-refractivity contribution in [3.63, 3.8) is 0 Å². The molecule has 0 heterocycles. The van der Waals surface area contributed by atoms with Gasteiger partial charge in [-0.1, -0.05) is 51.9 Å². The van der Waals surface area contributed by atoms with Gasteiger partial charge in [-0.05, 0) is 25.2 Å². The molecule has 0 aromatic carbocycles. The molecule has 14 heavy (non-hydrogen) atoms. The average molecular weight is 217 g/mol. The molecule has 0 bridgehead atoms. The molecule has 2 atom stereocenters. The zero-order valence-corrected chi connectivity index (χ0v) is 10.4. The van der Waals surface area contributed by atoms with E-state index in [4.69, 9.17) is 11.6 Å². The molecule has 0 radical (unpaired) electrons. The van der Waals surface area contributed by atoms with E-state index in [0.29, 0.717) is 5.38 Å². The van der Waals surface area contributed by atoms with Crippen LogP contribution in [-0.4, -0.2) is 5.38 Å². The highest BCUT2D eigenvalue weighted by molar-refractivity contribution is 6.20. The molecule has 1 rings (SSSR count). The van der Waals surface area contributed by atoms with Crippen LogP contribution in [0.5, 0.6) is 0 Å². The van der Waals surface area contributed by atoms with Gasteiger partial charge >= 0.3 is 0 Å². The molecule has 1 aliphatic rings. The van der Waals surface area contributed by atoms with Crippen molar-refractivity contribution in [2.45, 2.75) is 76.5 Å². The second-order valence-corrected chi connectivity index (χ2v) is 5.45. The van der Waals surface area contributed by atoms with Crippen LogP contribution in [0.15, 0.2) is 0 Å². The van der Waals surface area contributed by atoms with Gasteiger partial charge in [0.25, 0.3) is 0 Å². The Hall–Kier alpha value is 0.290. The van der Waals surface area contributed by atoms with Gasteiger partial charge < -0.3 is 0 Å². The molecule has 1 fully saturated rings. The van der Waals surface area contributed by atoms with Crippen LogP contribution in [0.2, 0.25) is 0 Å². The first-order valence-corrected chi connectivity index (χ1v) is 6.90. The van der Waals surface area contributed by atoms with Gasteiger partial charge in [0.15, 0.2) is 0 Å². The number of hydrogen-bond donors (Lipinski definition) is 0. The lowest BCUT2D eigenvalue weighted by molar-refractivity contribution is 0.463. The summed E-state index contributed by atoms with van der Waals surface area (Å²) in [5.74, 6) is 0.962. The molecular formula is C13H25Cl. The summed E-state index contributed by atoms with van der Waals surface area (Å²) in [4.78, 5) is 0. The summed E-state index contributed by atoms with van der Waals surface area (Å²) in [6.07, 6.45) is 14.0. The normalized spacial score (nSPS) is 27.0. The summed E-state index contributed by atoms with van der Waals surface area (Å²) in [5.41, 5.74) is 0. The fourth-order valence-electron chi connectivity index (χ4n) is 2.49. The quantitative estimate of drug-likeness (QED) is 0.408. The molecule has 1 aliphatic carbocycles. The summed E-state index contributed by atoms with van der Waals surface area (Å²) >= 11 is 6.09. The van der Waals surface area contributed by atoms with Crippen molar-refractivity contribution >= 4 is 11.6 Å². The van der Waals surface area contributed by atoms with Gasteiger partial charge in [0.05, 0.1) is 0 Å². The molecule has 0 aromatic rings. The average Bonchev–Trinajstić information content (AvgIpc) is 2.58. The molecule has 2 unspecified atom stereocenters. The van der Waals surface area contributed by atoms with E-state index in [9.17, 15) is 0 Å². The summed E-state index contributed by atoms with van der Waals surface area (Å²) < 4.78 is 0. The zero-order valence-electron chi connectivity index (χ0n) is 9.60. The Kier molecular flexibility index (Phi) is 6.68. The SMILES string of the molecule is CCCCCCCCC1CCC(Cl)C1. The van der Waals surface area contributed by atoms with Gasteiger partial charge in [0, 0.05) is 5.38 Å². The van der Waals surface area contributed by atoms with E-state index in [-0.39, 0.29) is 0 Å². The first kappa shape index (κ1) is 12.4. The van der Waals surface area contributed by atoms with E-state index in [1.54, 1.807) is 0 Å². The summed E-state index contributed by atoms with van der Waals surface area (Å²) in [6, 6.07) is 0. The second-order valence-electron chi connectivity index (χ2n) is 4.83. The van der Waals surface area contributed by atoms with E-state index >= 15 is 0 Å². The minimum absolute atomic E-state index is 0.500. The van der Waals surface area contributed by atoms with Crippen LogP contribution >= 0.6 is 11.6 Å². The Labute approximate surface area is 94.4 Å². The van der Waals surface area contributed by atoms with Crippen molar-refractivity contribution < 1.29 is 0 Å². The topological polar surface area (TPSA) is 0 Å². The Morgan fingerprint density at radius 3 is 2.36 bits per heavy atom. The minimum atomic E-state index is 0.500. The minimum Gasteiger partial charge on any atom is -0.123 e. The van der Waals surface area contributed by atoms with Crippen LogP contribution in [-0.2, 0) is 0 Å². The fraction of sp³-hybridized carbons (Fsp3) is 1.00. The third kappa shape index (κ3) is 5.24. The van der Waals surface area contributed by atoms with Crippen LogP contribution < -0.4 is 0 Å². The first-order chi connectivity index (χ1) is 6.83. The zero-order chi connectivity index (χ0) is 10.2. The molecule has 0 saturated heterocycles. The third-order valence-corrected chi connectivity index (χ3v) is 3.84. The maximum absolute atomic E-state index is 6.09. The summed E-state index contributed by atoms with van der Waals surface area (Å²) in [7, 11) is 0. The summed E-state index contributed by atoms with van der Waals surface area (Å²) in [6.45, 7) is 2.28. The van der Waals surface area contributed by atoms with Gasteiger partial charge in [-0.2, -0.15) is 0 Å². The molecule has 0 amide bonds. The van der Waals surface area contributed by atoms with E-state index < -0.39 is 0 Å². The Balaban J connectivity index is 1.84. The maximum Gasteiger partial charge on any atom is 0.0338 e. The molecule has 0 aromatic heterocycles. The van der Waals surface area contributed by atoms with Crippen molar-refractivity contribution in [1.82, 2.24) is 0 Å². The van der Waals surface area contributed by atoms with Gasteiger partial charge in [0.2, 0.25) is 0 Å². The van der Waals surface area contributed by atoms with Gasteiger partial charge in [-0.25, -0.2) is 0 Å². The standard InChI is InChI=1S/C13H25Cl/c1-2-3-4-5-6-7-8-12-9-10-13(14)11-12/h12-13H,2-11H2,1H3. The van der Waals surface area contributed by atoms with Crippen LogP contribution in [0.4, 0.5) is 0 Å². The van der Waals surface area contributed by atoms with E-state index in [1.165, 1.54) is 64.2 Å². The van der Waals surface area contributed by atoms with Gasteiger partial charge in [-0.15, -0.1) is 11.6 Å². The highest BCUT2D eigenvalue weighted by Crippen LogP contribution is 2.32. The van der Waals surface area contributed by atoms with E-state index in [1.807, 2.05) is 0 Å². The van der Waals surface area contributed by atoms with Gasteiger partial charge in [0.1, 0.15) is 0 Å². The van der Waals surface area contributed by atoms with Crippen molar-refractivity contribution in [3.8, 4) is 0 Å². The Morgan fingerprint density at radius 2 is 1.71 bits per heavy atom. The number of hydrogen-bond acceptors (Lipinski definition) is 0. The number of halogens is 1. The van der Waals surface area contributed by atoms with Crippen LogP contribution in [0.1, 0.15) is 71.1 Å². The largest absolute Gasteiger partial charge is 0.123 e. The highest BCUT2D eigenvalue weighted by Gasteiger charge is 2.21. The molecule has 84 valence electrons. The Bertz CT molecular complexity index is 133. The lowest BCUT2D eigenvalue weighted by Gasteiger charge is -2.08. The fourth-order valence-corrected chi connectivity index (χ4v) is 2.87. The second kappa shape index (κ2) is 7.56. The number of alkyl halides is 1. The van der Waals surface area contributed by atoms with Crippen molar-refractivity contribution in [2.24, 2.45) is 5.92 Å². The smallest absolute Gasteiger partial charge is 0.0338 e. The van der Waals surface area contributed by atoms with Crippen LogP contribution in [0, 0.1) is 5.92 Å². The van der Waals surface area contributed by atoms with Crippen LogP contribution in [0.25, 0.3) is 0 Å². The molecular weight excluding hydrogens is 192 g/mol. The molecule has 0 spiro atoms. The molecule has 1 heteroatoms. The van der Waals surface area contributed by atoms with Gasteiger partial charge in [-0.3, -0.25) is 0 Å². The number of unbranched alkanes of at least 4 members (excludes halogenated alkanes) is 5. The highest BCUT2D eigenvalue weighted by atomic mass is 35.5. The molecule has 1 saturated carbocycles. The van der Waals surface area contributed by atoms with E-state index in [2.05, 4.69) is 6.92 Å². The molecule has 0 nitrogen and oxygen atoms in total. The summed E-state index contributed by atoms with van der Waals surface area (Å²) in [5, 5.41) is 0.500. The van der Waals surface area contributed by atoms with Crippen molar-refractivity contribution in [1.29, 1.82) is 0 Å². The molecule has 0 aliphatic heterocycles. The predicted molar refractivity (Wildman–Crippen MR) is 65.0 cm³/mol. The lowest BCUT2D eigenvalue weighted by atomic mass is 9.99. The predicted octanol–water partition coefficient (Wildman–Crippen LogP) is 5.14. The lowest BCUT2D eigenvalue weighted by Crippen LogP contribution is -1.95. The number of rotatable bonds is 7. The van der Waals surface area contributed by atoms with Crippen molar-refractivity contribution in [2.75, 3.05) is 0 Å². The third-order valence-electron chi connectivity index (χ3n) is 3.44. The monoisotopic (exact) mass is 216 g/mol. The van der Waals surface area contributed by atoms with E-state index in [0.717, 1.165) is 5.92 Å². The van der Waals surface area contributed by atoms with Crippen molar-refractivity contribution in [3.05, 3.63) is 0 Å². The Morgan fingerprint density at radius 1 is 1.00 bits per heavy atom. The molecule has 0 N–H and O–H groups in total. The van der Waals surface area contributed by atoms with Crippen LogP contribution in [0.3, 0.4) is 0 Å². The maximum atomic E-state index is 6.09.